The molecule has 0 aromatic heterocycles. The maximum Gasteiger partial charge on any atom is 0.298 e. The third-order valence-corrected chi connectivity index (χ3v) is 6.01. The molecule has 0 radical (unpaired) electrons. The Labute approximate surface area is 178 Å². The van der Waals surface area contributed by atoms with E-state index in [1.807, 2.05) is 53.4 Å². The molecule has 1 atom stereocenters. The lowest BCUT2D eigenvalue weighted by Gasteiger charge is -2.43. The Balaban J connectivity index is 1.32. The van der Waals surface area contributed by atoms with Crippen LogP contribution in [0.25, 0.3) is 0 Å². The van der Waals surface area contributed by atoms with Crippen LogP contribution in [0.5, 0.6) is 0 Å². The lowest BCUT2D eigenvalue weighted by Crippen LogP contribution is -2.55. The molecule has 2 aliphatic heterocycles. The van der Waals surface area contributed by atoms with E-state index in [-0.39, 0.29) is 5.91 Å². The molecule has 0 N–H and O–H groups in total. The summed E-state index contributed by atoms with van der Waals surface area (Å²) in [4.78, 5) is 19.4. The Morgan fingerprint density at radius 2 is 1.76 bits per heavy atom. The fourth-order valence-corrected chi connectivity index (χ4v) is 4.37. The zero-order chi connectivity index (χ0) is 20.1. The molecule has 2 fully saturated rings. The number of amides is 1. The van der Waals surface area contributed by atoms with Gasteiger partial charge in [0.25, 0.3) is 5.91 Å². The van der Waals surface area contributed by atoms with Gasteiger partial charge in [0.1, 0.15) is 0 Å². The first kappa shape index (κ1) is 19.8. The van der Waals surface area contributed by atoms with Crippen molar-refractivity contribution >= 4 is 23.2 Å². The van der Waals surface area contributed by atoms with Crippen molar-refractivity contribution in [1.29, 1.82) is 0 Å². The molecule has 0 unspecified atom stereocenters. The van der Waals surface area contributed by atoms with Crippen molar-refractivity contribution in [2.24, 2.45) is 0 Å². The van der Waals surface area contributed by atoms with Crippen LogP contribution in [0.1, 0.15) is 18.4 Å². The van der Waals surface area contributed by atoms with Crippen molar-refractivity contribution < 1.29 is 4.79 Å². The largest absolute Gasteiger partial charge is 0.369 e. The van der Waals surface area contributed by atoms with Crippen LogP contribution in [0.2, 0.25) is 5.02 Å². The molecular formula is C24H26ClN3O. The van der Waals surface area contributed by atoms with Crippen LogP contribution in [-0.2, 0) is 4.79 Å². The minimum atomic E-state index is -0.0592. The number of hydrogen-bond donors (Lipinski definition) is 0. The van der Waals surface area contributed by atoms with E-state index in [9.17, 15) is 4.79 Å². The van der Waals surface area contributed by atoms with Crippen molar-refractivity contribution in [3.05, 3.63) is 65.2 Å². The number of nitrogens with zero attached hydrogens (tertiary/aromatic N) is 3. The topological polar surface area (TPSA) is 26.8 Å². The fraction of sp³-hybridized carbons (Fsp3) is 0.375. The molecule has 29 heavy (non-hydrogen) atoms. The van der Waals surface area contributed by atoms with Gasteiger partial charge >= 0.3 is 0 Å². The van der Waals surface area contributed by atoms with Crippen LogP contribution in [0.3, 0.4) is 0 Å². The zero-order valence-electron chi connectivity index (χ0n) is 16.6. The van der Waals surface area contributed by atoms with Crippen LogP contribution in [0, 0.1) is 11.8 Å². The molecule has 5 heteroatoms. The van der Waals surface area contributed by atoms with Crippen molar-refractivity contribution in [3.8, 4) is 11.8 Å². The van der Waals surface area contributed by atoms with E-state index >= 15 is 0 Å². The van der Waals surface area contributed by atoms with Crippen LogP contribution < -0.4 is 4.90 Å². The number of piperidine rings is 1. The molecule has 2 aromatic carbocycles. The van der Waals surface area contributed by atoms with E-state index in [1.54, 1.807) is 0 Å². The van der Waals surface area contributed by atoms with Gasteiger partial charge in [-0.15, -0.1) is 0 Å². The maximum atomic E-state index is 12.6. The van der Waals surface area contributed by atoms with E-state index in [0.717, 1.165) is 62.7 Å². The molecule has 2 aliphatic rings. The SMILES string of the molecule is O=C(C#Cc1ccccc1)N1CCC[C@H](N2CCN(c3cccc(Cl)c3)CC2)C1. The van der Waals surface area contributed by atoms with Gasteiger partial charge in [-0.3, -0.25) is 9.69 Å². The molecule has 2 aromatic rings. The number of likely N-dealkylation sites (tertiary alicyclic amines) is 1. The number of piperazine rings is 1. The summed E-state index contributed by atoms with van der Waals surface area (Å²) >= 11 is 6.14. The highest BCUT2D eigenvalue weighted by Gasteiger charge is 2.29. The van der Waals surface area contributed by atoms with Gasteiger partial charge in [0.05, 0.1) is 0 Å². The molecule has 1 amide bonds. The molecule has 0 saturated carbocycles. The number of carbonyl (C=O) groups is 1. The standard InChI is InChI=1S/C24H26ClN3O/c25-21-8-4-9-22(18-21)26-14-16-27(17-15-26)23-10-5-13-28(19-23)24(29)12-11-20-6-2-1-3-7-20/h1-4,6-9,18,23H,5,10,13-17,19H2/t23-/m0/s1. The van der Waals surface area contributed by atoms with Gasteiger partial charge in [0.15, 0.2) is 0 Å². The number of rotatable bonds is 2. The third-order valence-electron chi connectivity index (χ3n) is 5.78. The summed E-state index contributed by atoms with van der Waals surface area (Å²) < 4.78 is 0. The number of anilines is 1. The molecule has 4 nitrogen and oxygen atoms in total. The Bertz CT molecular complexity index is 897. The highest BCUT2D eigenvalue weighted by atomic mass is 35.5. The monoisotopic (exact) mass is 407 g/mol. The van der Waals surface area contributed by atoms with Gasteiger partial charge in [-0.25, -0.2) is 0 Å². The molecule has 0 bridgehead atoms. The Hall–Kier alpha value is -2.48. The number of halogens is 1. The van der Waals surface area contributed by atoms with Crippen molar-refractivity contribution in [1.82, 2.24) is 9.80 Å². The smallest absolute Gasteiger partial charge is 0.298 e. The highest BCUT2D eigenvalue weighted by molar-refractivity contribution is 6.30. The lowest BCUT2D eigenvalue weighted by molar-refractivity contribution is -0.127. The van der Waals surface area contributed by atoms with Gasteiger partial charge in [0, 0.05) is 67.5 Å². The summed E-state index contributed by atoms with van der Waals surface area (Å²) in [5, 5.41) is 0.781. The van der Waals surface area contributed by atoms with Gasteiger partial charge in [-0.05, 0) is 43.2 Å². The molecule has 2 saturated heterocycles. The second-order valence-corrected chi connectivity index (χ2v) is 8.10. The van der Waals surface area contributed by atoms with Gasteiger partial charge in [0.2, 0.25) is 0 Å². The quantitative estimate of drug-likeness (QED) is 0.713. The normalized spacial score (nSPS) is 20.1. The lowest BCUT2D eigenvalue weighted by atomic mass is 10.0. The van der Waals surface area contributed by atoms with Crippen LogP contribution >= 0.6 is 11.6 Å². The fourth-order valence-electron chi connectivity index (χ4n) is 4.18. The van der Waals surface area contributed by atoms with Gasteiger partial charge in [-0.1, -0.05) is 41.8 Å². The molecule has 2 heterocycles. The van der Waals surface area contributed by atoms with Crippen molar-refractivity contribution in [3.63, 3.8) is 0 Å². The van der Waals surface area contributed by atoms with E-state index in [2.05, 4.69) is 27.7 Å². The predicted molar refractivity (Wildman–Crippen MR) is 118 cm³/mol. The second-order valence-electron chi connectivity index (χ2n) is 7.67. The summed E-state index contributed by atoms with van der Waals surface area (Å²) in [5.41, 5.74) is 2.07. The third kappa shape index (κ3) is 5.12. The Morgan fingerprint density at radius 1 is 0.966 bits per heavy atom. The van der Waals surface area contributed by atoms with Crippen molar-refractivity contribution in [2.45, 2.75) is 18.9 Å². The first-order chi connectivity index (χ1) is 14.2. The van der Waals surface area contributed by atoms with Crippen LogP contribution in [-0.4, -0.2) is 61.0 Å². The van der Waals surface area contributed by atoms with E-state index < -0.39 is 0 Å². The summed E-state index contributed by atoms with van der Waals surface area (Å²) in [6, 6.07) is 18.2. The highest BCUT2D eigenvalue weighted by Crippen LogP contribution is 2.23. The van der Waals surface area contributed by atoms with Gasteiger partial charge in [-0.2, -0.15) is 0 Å². The number of carbonyl (C=O) groups excluding carboxylic acids is 1. The molecule has 4 rings (SSSR count). The number of hydrogen-bond acceptors (Lipinski definition) is 3. The summed E-state index contributed by atoms with van der Waals surface area (Å²) in [5.74, 6) is 5.76. The van der Waals surface area contributed by atoms with Crippen LogP contribution in [0.4, 0.5) is 5.69 Å². The minimum absolute atomic E-state index is 0.0592. The summed E-state index contributed by atoms with van der Waals surface area (Å²) in [7, 11) is 0. The Morgan fingerprint density at radius 3 is 2.52 bits per heavy atom. The van der Waals surface area contributed by atoms with Crippen LogP contribution in [0.15, 0.2) is 54.6 Å². The summed E-state index contributed by atoms with van der Waals surface area (Å²) in [6.07, 6.45) is 2.19. The Kier molecular flexibility index (Phi) is 6.39. The zero-order valence-corrected chi connectivity index (χ0v) is 17.3. The van der Waals surface area contributed by atoms with Gasteiger partial charge < -0.3 is 9.80 Å². The maximum absolute atomic E-state index is 12.6. The molecule has 0 aliphatic carbocycles. The molecule has 0 spiro atoms. The second kappa shape index (κ2) is 9.35. The summed E-state index contributed by atoms with van der Waals surface area (Å²) in [6.45, 7) is 5.57. The molecule has 150 valence electrons. The average molecular weight is 408 g/mol. The van der Waals surface area contributed by atoms with E-state index in [0.29, 0.717) is 6.04 Å². The van der Waals surface area contributed by atoms with E-state index in [1.165, 1.54) is 5.69 Å². The van der Waals surface area contributed by atoms with Crippen molar-refractivity contribution in [2.75, 3.05) is 44.2 Å². The predicted octanol–water partition coefficient (Wildman–Crippen LogP) is 3.50. The van der Waals surface area contributed by atoms with E-state index in [4.69, 9.17) is 11.6 Å². The first-order valence-electron chi connectivity index (χ1n) is 10.3. The average Bonchev–Trinajstić information content (AvgIpc) is 2.78. The first-order valence-corrected chi connectivity index (χ1v) is 10.7. The molecular weight excluding hydrogens is 382 g/mol. The number of benzene rings is 2. The minimum Gasteiger partial charge on any atom is -0.369 e.